The molecule has 1 saturated heterocycles. The van der Waals surface area contributed by atoms with Gasteiger partial charge >= 0.3 is 0 Å². The molecular weight excluding hydrogens is 919 g/mol. The van der Waals surface area contributed by atoms with Crippen molar-refractivity contribution in [2.45, 2.75) is 351 Å². The molecule has 1 fully saturated rings. The lowest BCUT2D eigenvalue weighted by Gasteiger charge is -2.40. The second kappa shape index (κ2) is 51.4. The Labute approximate surface area is 448 Å². The Bertz CT molecular complexity index is 1240. The molecule has 0 aliphatic carbocycles. The van der Waals surface area contributed by atoms with Crippen LogP contribution in [-0.2, 0) is 14.3 Å². The molecule has 0 spiro atoms. The van der Waals surface area contributed by atoms with Crippen LogP contribution in [-0.4, -0.2) is 110 Å². The third kappa shape index (κ3) is 39.6. The summed E-state index contributed by atoms with van der Waals surface area (Å²) in [6.45, 7) is 3.46. The molecule has 11 nitrogen and oxygen atoms in total. The van der Waals surface area contributed by atoms with Crippen LogP contribution in [0.4, 0.5) is 0 Å². The number of unbranched alkanes of at least 4 members (excludes halogenated alkanes) is 39. The minimum atomic E-state index is -1.66. The fourth-order valence-electron chi connectivity index (χ4n) is 10.2. The fraction of sp³-hybridized carbons (Fsp3) is 0.919. The van der Waals surface area contributed by atoms with Crippen LogP contribution in [0.2, 0.25) is 0 Å². The number of aliphatic hydroxyl groups excluding tert-OH is 7. The van der Waals surface area contributed by atoms with Gasteiger partial charge in [0, 0.05) is 0 Å². The molecule has 1 rings (SSSR count). The van der Waals surface area contributed by atoms with Crippen LogP contribution in [0.3, 0.4) is 0 Å². The molecule has 0 aromatic carbocycles. The largest absolute Gasteiger partial charge is 0.394 e. The molecule has 0 aromatic heterocycles. The molecule has 0 aromatic rings. The van der Waals surface area contributed by atoms with E-state index in [1.54, 1.807) is 0 Å². The minimum Gasteiger partial charge on any atom is -0.394 e. The molecule has 1 amide bonds. The van der Waals surface area contributed by atoms with E-state index in [0.29, 0.717) is 19.3 Å². The summed E-state index contributed by atoms with van der Waals surface area (Å²) < 4.78 is 11.2. The van der Waals surface area contributed by atoms with E-state index in [-0.39, 0.29) is 6.42 Å². The standard InChI is InChI=1S/C62H119NO10/c1-3-5-7-9-11-13-15-17-19-21-23-24-25-26-27-28-29-30-31-32-34-35-37-39-41-43-45-47-49-54(65)57(67)53(52-72-62-60(70)59(69)58(68)56(51-64)73-62)63-61(71)55(66)50-48-46-44-42-40-38-36-33-22-20-18-16-14-12-10-8-6-4-2/h12,14,16,18,53-60,62,64-70H,3-11,13,15,17,19-52H2,1-2H3,(H,63,71)/b14-12-,18-16-. The number of ether oxygens (including phenoxy) is 2. The molecule has 1 aliphatic heterocycles. The lowest BCUT2D eigenvalue weighted by Crippen LogP contribution is -2.60. The van der Waals surface area contributed by atoms with E-state index >= 15 is 0 Å². The summed E-state index contributed by atoms with van der Waals surface area (Å²) in [6.07, 6.45) is 50.9. The third-order valence-electron chi connectivity index (χ3n) is 15.3. The van der Waals surface area contributed by atoms with Crippen molar-refractivity contribution in [3.8, 4) is 0 Å². The maximum absolute atomic E-state index is 13.2. The first-order chi connectivity index (χ1) is 35.7. The first-order valence-corrected chi connectivity index (χ1v) is 31.3. The Hall–Kier alpha value is -1.41. The summed E-state index contributed by atoms with van der Waals surface area (Å²) >= 11 is 0. The average molecular weight is 1040 g/mol. The summed E-state index contributed by atoms with van der Waals surface area (Å²) in [5, 5.41) is 76.3. The maximum Gasteiger partial charge on any atom is 0.249 e. The molecule has 432 valence electrons. The van der Waals surface area contributed by atoms with Crippen LogP contribution in [0.5, 0.6) is 0 Å². The van der Waals surface area contributed by atoms with Gasteiger partial charge in [-0.3, -0.25) is 4.79 Å². The summed E-state index contributed by atoms with van der Waals surface area (Å²) in [5.41, 5.74) is 0. The van der Waals surface area contributed by atoms with Gasteiger partial charge in [-0.1, -0.05) is 282 Å². The number of carbonyl (C=O) groups excluding carboxylic acids is 1. The Morgan fingerprint density at radius 3 is 1.22 bits per heavy atom. The lowest BCUT2D eigenvalue weighted by atomic mass is 9.98. The van der Waals surface area contributed by atoms with Crippen LogP contribution in [0, 0.1) is 0 Å². The molecule has 9 unspecified atom stereocenters. The summed E-state index contributed by atoms with van der Waals surface area (Å²) in [5.74, 6) is -0.697. The van der Waals surface area contributed by atoms with Gasteiger partial charge in [0.1, 0.15) is 36.6 Å². The normalized spacial score (nSPS) is 20.0. The molecule has 0 bridgehead atoms. The number of allylic oxidation sites excluding steroid dienone is 4. The topological polar surface area (TPSA) is 189 Å². The zero-order chi connectivity index (χ0) is 53.3. The van der Waals surface area contributed by atoms with Gasteiger partial charge in [-0.2, -0.15) is 0 Å². The van der Waals surface area contributed by atoms with Gasteiger partial charge in [0.05, 0.1) is 25.4 Å². The Balaban J connectivity index is 2.24. The molecule has 1 aliphatic rings. The third-order valence-corrected chi connectivity index (χ3v) is 15.3. The van der Waals surface area contributed by atoms with E-state index in [1.165, 1.54) is 212 Å². The van der Waals surface area contributed by atoms with Crippen LogP contribution in [0.25, 0.3) is 0 Å². The predicted octanol–water partition coefficient (Wildman–Crippen LogP) is 13.7. The van der Waals surface area contributed by atoms with E-state index in [1.807, 2.05) is 0 Å². The minimum absolute atomic E-state index is 0.256. The molecule has 9 atom stereocenters. The van der Waals surface area contributed by atoms with Crippen LogP contribution in [0.15, 0.2) is 24.3 Å². The number of amides is 1. The zero-order valence-corrected chi connectivity index (χ0v) is 47.4. The van der Waals surface area contributed by atoms with E-state index in [0.717, 1.165) is 44.9 Å². The number of nitrogens with one attached hydrogen (secondary N) is 1. The van der Waals surface area contributed by atoms with Gasteiger partial charge in [-0.25, -0.2) is 0 Å². The fourth-order valence-corrected chi connectivity index (χ4v) is 10.2. The first-order valence-electron chi connectivity index (χ1n) is 31.3. The Morgan fingerprint density at radius 1 is 0.479 bits per heavy atom. The second-order valence-electron chi connectivity index (χ2n) is 22.2. The van der Waals surface area contributed by atoms with E-state index in [2.05, 4.69) is 43.5 Å². The van der Waals surface area contributed by atoms with Gasteiger partial charge in [-0.15, -0.1) is 0 Å². The van der Waals surface area contributed by atoms with Crippen molar-refractivity contribution in [1.82, 2.24) is 5.32 Å². The summed E-state index contributed by atoms with van der Waals surface area (Å²) in [7, 11) is 0. The highest BCUT2D eigenvalue weighted by Gasteiger charge is 2.44. The molecule has 1 heterocycles. The van der Waals surface area contributed by atoms with Crippen molar-refractivity contribution in [2.75, 3.05) is 13.2 Å². The molecule has 11 heteroatoms. The highest BCUT2D eigenvalue weighted by Crippen LogP contribution is 2.24. The molecule has 8 N–H and O–H groups in total. The van der Waals surface area contributed by atoms with Gasteiger partial charge in [0.15, 0.2) is 6.29 Å². The number of rotatable bonds is 54. The van der Waals surface area contributed by atoms with Gasteiger partial charge < -0.3 is 50.5 Å². The number of hydrogen-bond donors (Lipinski definition) is 8. The van der Waals surface area contributed by atoms with Crippen molar-refractivity contribution in [1.29, 1.82) is 0 Å². The first kappa shape index (κ1) is 69.6. The van der Waals surface area contributed by atoms with Crippen LogP contribution >= 0.6 is 0 Å². The number of aliphatic hydroxyl groups is 7. The number of hydrogen-bond acceptors (Lipinski definition) is 10. The van der Waals surface area contributed by atoms with Crippen molar-refractivity contribution >= 4 is 5.91 Å². The van der Waals surface area contributed by atoms with Crippen molar-refractivity contribution in [3.05, 3.63) is 24.3 Å². The van der Waals surface area contributed by atoms with Crippen molar-refractivity contribution in [3.63, 3.8) is 0 Å². The smallest absolute Gasteiger partial charge is 0.249 e. The predicted molar refractivity (Wildman–Crippen MR) is 302 cm³/mol. The average Bonchev–Trinajstić information content (AvgIpc) is 3.39. The van der Waals surface area contributed by atoms with E-state index in [4.69, 9.17) is 9.47 Å². The molecule has 0 saturated carbocycles. The monoisotopic (exact) mass is 1040 g/mol. The van der Waals surface area contributed by atoms with E-state index < -0.39 is 74.2 Å². The van der Waals surface area contributed by atoms with Gasteiger partial charge in [-0.05, 0) is 38.5 Å². The van der Waals surface area contributed by atoms with Crippen molar-refractivity contribution < 1.29 is 50.0 Å². The zero-order valence-electron chi connectivity index (χ0n) is 47.4. The Kier molecular flexibility index (Phi) is 49.0. The van der Waals surface area contributed by atoms with Crippen LogP contribution in [0.1, 0.15) is 296 Å². The highest BCUT2D eigenvalue weighted by molar-refractivity contribution is 5.80. The summed E-state index contributed by atoms with van der Waals surface area (Å²) in [6, 6.07) is -1.17. The SMILES string of the molecule is CCCCC/C=C\C=C/CCCCCCCCCCCC(O)C(=O)NC(COC1OC(CO)C(O)C(O)C1O)C(O)C(O)CCCCCCCCCCCCCCCCCCCCCCCCCCCCCC. The lowest BCUT2D eigenvalue weighted by molar-refractivity contribution is -0.303. The van der Waals surface area contributed by atoms with Gasteiger partial charge in [0.25, 0.3) is 0 Å². The van der Waals surface area contributed by atoms with E-state index in [9.17, 15) is 40.5 Å². The van der Waals surface area contributed by atoms with Gasteiger partial charge in [0.2, 0.25) is 5.91 Å². The van der Waals surface area contributed by atoms with Crippen molar-refractivity contribution in [2.24, 2.45) is 0 Å². The second-order valence-corrected chi connectivity index (χ2v) is 22.2. The highest BCUT2D eigenvalue weighted by atomic mass is 16.7. The molecule has 0 radical (unpaired) electrons. The van der Waals surface area contributed by atoms with Crippen LogP contribution < -0.4 is 5.32 Å². The molecular formula is C62H119NO10. The maximum atomic E-state index is 13.2. The quantitative estimate of drug-likeness (QED) is 0.0215. The summed E-state index contributed by atoms with van der Waals surface area (Å²) in [4.78, 5) is 13.2. The Morgan fingerprint density at radius 2 is 0.822 bits per heavy atom. The molecule has 73 heavy (non-hydrogen) atoms. The number of carbonyl (C=O) groups is 1.